The maximum absolute atomic E-state index is 12.2. The van der Waals surface area contributed by atoms with Gasteiger partial charge in [0.15, 0.2) is 0 Å². The molecule has 0 aliphatic carbocycles. The summed E-state index contributed by atoms with van der Waals surface area (Å²) in [5, 5.41) is 5.65. The summed E-state index contributed by atoms with van der Waals surface area (Å²) in [5.41, 5.74) is 9.79. The molecule has 174 valence electrons. The lowest BCUT2D eigenvalue weighted by Gasteiger charge is -2.10. The average Bonchev–Trinajstić information content (AvgIpc) is 3.30. The number of aromatic amines is 1. The largest absolute Gasteiger partial charge is 0.457 e. The summed E-state index contributed by atoms with van der Waals surface area (Å²) in [7, 11) is 0. The minimum atomic E-state index is -0.512. The van der Waals surface area contributed by atoms with Crippen molar-refractivity contribution in [1.29, 1.82) is 0 Å². The van der Waals surface area contributed by atoms with Gasteiger partial charge in [0.05, 0.1) is 5.56 Å². The first-order valence-corrected chi connectivity index (χ1v) is 10.7. The van der Waals surface area contributed by atoms with Gasteiger partial charge in [-0.05, 0) is 67.5 Å². The van der Waals surface area contributed by atoms with Crippen molar-refractivity contribution in [2.24, 2.45) is 5.73 Å². The lowest BCUT2D eigenvalue weighted by Crippen LogP contribution is -2.28. The van der Waals surface area contributed by atoms with Crippen molar-refractivity contribution in [3.63, 3.8) is 0 Å². The number of carbonyl (C=O) groups excluding carboxylic acids is 2. The van der Waals surface area contributed by atoms with Crippen LogP contribution in [0.4, 0.5) is 10.5 Å². The van der Waals surface area contributed by atoms with Crippen molar-refractivity contribution in [3.8, 4) is 5.75 Å². The van der Waals surface area contributed by atoms with E-state index in [1.807, 2.05) is 44.2 Å². The molecular formula is C27H28N4O3. The van der Waals surface area contributed by atoms with Crippen molar-refractivity contribution in [2.75, 3.05) is 5.32 Å². The molecule has 3 rings (SSSR count). The smallest absolute Gasteiger partial charge is 0.319 e. The Hall–Kier alpha value is -4.52. The van der Waals surface area contributed by atoms with Crippen LogP contribution in [-0.2, 0) is 6.54 Å². The number of urea groups is 1. The minimum absolute atomic E-state index is 0.290. The number of H-pyrrole nitrogens is 1. The average molecular weight is 457 g/mol. The standard InChI is InChI=1S/C27H28N4O3/c1-4-6-24(14-19(3)25-15-21(17-29-25)26(28)32)34-23-11-9-22(10-12-23)31-27(33)30-16-20-8-5-7-18(2)13-20/h4-15,17,29H,3,16H2,1-2H3,(H2,28,32)(H2,30,31,33)/b6-4-,24-14+. The molecule has 0 unspecified atom stereocenters. The Morgan fingerprint density at radius 1 is 1.15 bits per heavy atom. The number of amides is 3. The van der Waals surface area contributed by atoms with Crippen LogP contribution in [0.2, 0.25) is 0 Å². The van der Waals surface area contributed by atoms with Gasteiger partial charge in [0.25, 0.3) is 0 Å². The van der Waals surface area contributed by atoms with Crippen molar-refractivity contribution >= 4 is 23.2 Å². The third kappa shape index (κ3) is 7.00. The molecule has 0 fully saturated rings. The Bertz CT molecular complexity index is 1240. The van der Waals surface area contributed by atoms with Gasteiger partial charge in [0.1, 0.15) is 11.5 Å². The van der Waals surface area contributed by atoms with E-state index in [-0.39, 0.29) is 6.03 Å². The number of hydrogen-bond donors (Lipinski definition) is 4. The molecule has 0 bridgehead atoms. The molecule has 0 aliphatic heterocycles. The SMILES string of the molecule is C=C(/C=C(\C=C/C)Oc1ccc(NC(=O)NCc2cccc(C)c2)cc1)c1cc(C(N)=O)c[nH]1. The quantitative estimate of drug-likeness (QED) is 0.259. The van der Waals surface area contributed by atoms with Crippen LogP contribution in [0, 0.1) is 6.92 Å². The first kappa shape index (κ1) is 24.1. The number of anilines is 1. The fourth-order valence-corrected chi connectivity index (χ4v) is 3.17. The lowest BCUT2D eigenvalue weighted by atomic mass is 10.1. The number of nitrogens with two attached hydrogens (primary N) is 1. The number of hydrogen-bond acceptors (Lipinski definition) is 3. The Labute approximate surface area is 199 Å². The van der Waals surface area contributed by atoms with E-state index in [4.69, 9.17) is 10.5 Å². The van der Waals surface area contributed by atoms with E-state index in [0.29, 0.717) is 40.6 Å². The fraction of sp³-hybridized carbons (Fsp3) is 0.111. The van der Waals surface area contributed by atoms with Crippen LogP contribution >= 0.6 is 0 Å². The Balaban J connectivity index is 1.59. The second-order valence-electron chi connectivity index (χ2n) is 7.66. The summed E-state index contributed by atoms with van der Waals surface area (Å²) in [6.07, 6.45) is 6.93. The summed E-state index contributed by atoms with van der Waals surface area (Å²) in [5.74, 6) is 0.633. The van der Waals surface area contributed by atoms with E-state index >= 15 is 0 Å². The number of rotatable bonds is 9. The normalized spacial score (nSPS) is 11.3. The molecule has 0 spiro atoms. The molecule has 34 heavy (non-hydrogen) atoms. The van der Waals surface area contributed by atoms with Gasteiger partial charge in [-0.25, -0.2) is 4.79 Å². The fourth-order valence-electron chi connectivity index (χ4n) is 3.17. The zero-order valence-electron chi connectivity index (χ0n) is 19.2. The predicted molar refractivity (Wildman–Crippen MR) is 135 cm³/mol. The van der Waals surface area contributed by atoms with Gasteiger partial charge >= 0.3 is 6.03 Å². The van der Waals surface area contributed by atoms with Gasteiger partial charge < -0.3 is 26.1 Å². The number of aromatic nitrogens is 1. The zero-order chi connectivity index (χ0) is 24.5. The Kier molecular flexibility index (Phi) is 8.07. The van der Waals surface area contributed by atoms with E-state index in [2.05, 4.69) is 22.2 Å². The van der Waals surface area contributed by atoms with Gasteiger partial charge in [0, 0.05) is 24.1 Å². The molecule has 3 aromatic rings. The lowest BCUT2D eigenvalue weighted by molar-refractivity contribution is 0.100. The molecule has 7 nitrogen and oxygen atoms in total. The molecule has 0 radical (unpaired) electrons. The van der Waals surface area contributed by atoms with E-state index < -0.39 is 5.91 Å². The Morgan fingerprint density at radius 2 is 1.91 bits per heavy atom. The topological polar surface area (TPSA) is 109 Å². The van der Waals surface area contributed by atoms with Crippen molar-refractivity contribution < 1.29 is 14.3 Å². The number of aryl methyl sites for hydroxylation is 1. The van der Waals surface area contributed by atoms with Crippen LogP contribution in [-0.4, -0.2) is 16.9 Å². The van der Waals surface area contributed by atoms with Gasteiger partial charge in [-0.2, -0.15) is 0 Å². The van der Waals surface area contributed by atoms with E-state index in [0.717, 1.165) is 11.1 Å². The molecule has 5 N–H and O–H groups in total. The number of nitrogens with one attached hydrogen (secondary N) is 3. The molecule has 2 aromatic carbocycles. The second kappa shape index (κ2) is 11.4. The Morgan fingerprint density at radius 3 is 2.56 bits per heavy atom. The predicted octanol–water partition coefficient (Wildman–Crippen LogP) is 5.30. The van der Waals surface area contributed by atoms with Crippen LogP contribution in [0.1, 0.15) is 34.1 Å². The maximum atomic E-state index is 12.2. The highest BCUT2D eigenvalue weighted by molar-refractivity contribution is 5.94. The summed E-state index contributed by atoms with van der Waals surface area (Å²) >= 11 is 0. The molecule has 0 saturated heterocycles. The zero-order valence-corrected chi connectivity index (χ0v) is 19.2. The molecular weight excluding hydrogens is 428 g/mol. The first-order chi connectivity index (χ1) is 16.3. The van der Waals surface area contributed by atoms with Crippen LogP contribution in [0.15, 0.2) is 91.4 Å². The second-order valence-corrected chi connectivity index (χ2v) is 7.66. The molecule has 0 aliphatic rings. The number of benzene rings is 2. The highest BCUT2D eigenvalue weighted by Gasteiger charge is 2.08. The summed E-state index contributed by atoms with van der Waals surface area (Å²) in [6.45, 7) is 8.36. The highest BCUT2D eigenvalue weighted by atomic mass is 16.5. The third-order valence-corrected chi connectivity index (χ3v) is 4.84. The number of ether oxygens (including phenoxy) is 1. The van der Waals surface area contributed by atoms with Crippen LogP contribution in [0.25, 0.3) is 5.57 Å². The molecule has 1 heterocycles. The van der Waals surface area contributed by atoms with Gasteiger partial charge in [-0.1, -0.05) is 42.5 Å². The van der Waals surface area contributed by atoms with Crippen molar-refractivity contribution in [3.05, 3.63) is 114 Å². The van der Waals surface area contributed by atoms with E-state index in [1.165, 1.54) is 6.20 Å². The maximum Gasteiger partial charge on any atom is 0.319 e. The number of allylic oxidation sites excluding steroid dienone is 4. The van der Waals surface area contributed by atoms with Crippen molar-refractivity contribution in [1.82, 2.24) is 10.3 Å². The van der Waals surface area contributed by atoms with E-state index in [1.54, 1.807) is 42.5 Å². The van der Waals surface area contributed by atoms with Crippen LogP contribution in [0.5, 0.6) is 5.75 Å². The van der Waals surface area contributed by atoms with Crippen molar-refractivity contribution in [2.45, 2.75) is 20.4 Å². The molecule has 3 amide bonds. The van der Waals surface area contributed by atoms with Gasteiger partial charge in [-0.15, -0.1) is 0 Å². The number of carbonyl (C=O) groups is 2. The molecule has 0 atom stereocenters. The minimum Gasteiger partial charge on any atom is -0.457 e. The number of primary amides is 1. The van der Waals surface area contributed by atoms with Gasteiger partial charge in [0.2, 0.25) is 5.91 Å². The third-order valence-electron chi connectivity index (χ3n) is 4.84. The first-order valence-electron chi connectivity index (χ1n) is 10.7. The molecule has 1 aromatic heterocycles. The van der Waals surface area contributed by atoms with Gasteiger partial charge in [-0.3, -0.25) is 4.79 Å². The summed E-state index contributed by atoms with van der Waals surface area (Å²) in [6, 6.07) is 16.4. The molecule has 7 heteroatoms. The molecule has 0 saturated carbocycles. The highest BCUT2D eigenvalue weighted by Crippen LogP contribution is 2.21. The van der Waals surface area contributed by atoms with E-state index in [9.17, 15) is 9.59 Å². The summed E-state index contributed by atoms with van der Waals surface area (Å²) < 4.78 is 5.96. The van der Waals surface area contributed by atoms with Crippen LogP contribution < -0.4 is 21.1 Å². The monoisotopic (exact) mass is 456 g/mol. The summed E-state index contributed by atoms with van der Waals surface area (Å²) in [4.78, 5) is 26.5. The van der Waals surface area contributed by atoms with Crippen LogP contribution in [0.3, 0.4) is 0 Å².